The zero-order valence-corrected chi connectivity index (χ0v) is 14.1. The minimum atomic E-state index is -0.0785. The molecule has 1 aromatic heterocycles. The van der Waals surface area contributed by atoms with Crippen molar-refractivity contribution in [2.45, 2.75) is 43.6 Å². The molecule has 1 aromatic rings. The first-order valence-electron chi connectivity index (χ1n) is 8.47. The highest BCUT2D eigenvalue weighted by molar-refractivity contribution is 7.15. The van der Waals surface area contributed by atoms with Crippen LogP contribution in [0.1, 0.15) is 42.9 Å². The van der Waals surface area contributed by atoms with Gasteiger partial charge in [-0.05, 0) is 38.0 Å². The van der Waals surface area contributed by atoms with E-state index in [2.05, 4.69) is 10.3 Å². The molecule has 126 valence electrons. The van der Waals surface area contributed by atoms with Gasteiger partial charge in [-0.25, -0.2) is 9.78 Å². The highest BCUT2D eigenvalue weighted by Gasteiger charge is 2.46. The van der Waals surface area contributed by atoms with Gasteiger partial charge in [0.1, 0.15) is 0 Å². The third-order valence-corrected chi connectivity index (χ3v) is 6.36. The molecular formula is C16H23N3O3S. The number of carbonyl (C=O) groups is 1. The molecule has 7 heteroatoms. The maximum Gasteiger partial charge on any atom is 0.324 e. The minimum Gasteiger partial charge on any atom is -0.381 e. The van der Waals surface area contributed by atoms with Crippen molar-refractivity contribution in [3.8, 4) is 0 Å². The van der Waals surface area contributed by atoms with Gasteiger partial charge in [0.05, 0.1) is 12.1 Å². The van der Waals surface area contributed by atoms with Gasteiger partial charge >= 0.3 is 6.03 Å². The molecule has 3 aliphatic heterocycles. The van der Waals surface area contributed by atoms with E-state index >= 15 is 0 Å². The van der Waals surface area contributed by atoms with E-state index in [1.165, 1.54) is 4.88 Å². The van der Waals surface area contributed by atoms with Crippen molar-refractivity contribution >= 4 is 22.5 Å². The first-order valence-corrected chi connectivity index (χ1v) is 9.28. The van der Waals surface area contributed by atoms with Crippen molar-refractivity contribution in [2.75, 3.05) is 38.3 Å². The van der Waals surface area contributed by atoms with Gasteiger partial charge in [0.2, 0.25) is 0 Å². The summed E-state index contributed by atoms with van der Waals surface area (Å²) >= 11 is 1.60. The summed E-state index contributed by atoms with van der Waals surface area (Å²) in [5.41, 5.74) is -0.0785. The second kappa shape index (κ2) is 6.37. The number of amides is 2. The minimum absolute atomic E-state index is 0.0270. The van der Waals surface area contributed by atoms with E-state index in [1.54, 1.807) is 11.3 Å². The fraction of sp³-hybridized carbons (Fsp3) is 0.750. The van der Waals surface area contributed by atoms with Crippen molar-refractivity contribution in [1.82, 2.24) is 9.88 Å². The zero-order valence-electron chi connectivity index (χ0n) is 13.3. The molecule has 3 fully saturated rings. The van der Waals surface area contributed by atoms with Crippen LogP contribution in [0.2, 0.25) is 0 Å². The smallest absolute Gasteiger partial charge is 0.324 e. The number of hydrogen-bond acceptors (Lipinski definition) is 5. The summed E-state index contributed by atoms with van der Waals surface area (Å²) < 4.78 is 11.0. The van der Waals surface area contributed by atoms with Gasteiger partial charge in [-0.2, -0.15) is 0 Å². The number of carbonyl (C=O) groups excluding carboxylic acids is 1. The van der Waals surface area contributed by atoms with E-state index in [0.717, 1.165) is 58.5 Å². The normalized spacial score (nSPS) is 28.6. The number of aromatic nitrogens is 1. The van der Waals surface area contributed by atoms with E-state index in [1.807, 2.05) is 11.1 Å². The lowest BCUT2D eigenvalue weighted by Gasteiger charge is -2.33. The number of rotatable bonds is 2. The van der Waals surface area contributed by atoms with Gasteiger partial charge in [-0.15, -0.1) is 11.3 Å². The molecule has 1 atom stereocenters. The van der Waals surface area contributed by atoms with Gasteiger partial charge in [0.25, 0.3) is 0 Å². The predicted molar refractivity (Wildman–Crippen MR) is 88.0 cm³/mol. The fourth-order valence-corrected chi connectivity index (χ4v) is 4.91. The molecule has 6 nitrogen and oxygen atoms in total. The summed E-state index contributed by atoms with van der Waals surface area (Å²) in [6.45, 7) is 3.88. The molecule has 0 aromatic carbocycles. The first-order chi connectivity index (χ1) is 11.3. The topological polar surface area (TPSA) is 63.7 Å². The molecule has 23 heavy (non-hydrogen) atoms. The van der Waals surface area contributed by atoms with Crippen LogP contribution in [-0.2, 0) is 9.47 Å². The molecule has 0 bridgehead atoms. The van der Waals surface area contributed by atoms with Crippen LogP contribution in [0.5, 0.6) is 0 Å². The number of thiazole rings is 1. The Kier molecular flexibility index (Phi) is 4.26. The third-order valence-electron chi connectivity index (χ3n) is 5.29. The Balaban J connectivity index is 1.41. The molecule has 3 saturated heterocycles. The van der Waals surface area contributed by atoms with E-state index in [-0.39, 0.29) is 11.6 Å². The SMILES string of the molecule is O=C(Nc1ncc(C2CCOCC2)s1)N1CCCC12CCOC2. The Morgan fingerprint density at radius 2 is 2.17 bits per heavy atom. The molecule has 0 aliphatic carbocycles. The van der Waals surface area contributed by atoms with Crippen molar-refractivity contribution < 1.29 is 14.3 Å². The van der Waals surface area contributed by atoms with Crippen LogP contribution in [0.25, 0.3) is 0 Å². The van der Waals surface area contributed by atoms with Crippen LogP contribution in [0.15, 0.2) is 6.20 Å². The van der Waals surface area contributed by atoms with Crippen LogP contribution in [-0.4, -0.2) is 54.4 Å². The summed E-state index contributed by atoms with van der Waals surface area (Å²) in [6, 6.07) is -0.0270. The van der Waals surface area contributed by atoms with Crippen molar-refractivity contribution in [3.05, 3.63) is 11.1 Å². The quantitative estimate of drug-likeness (QED) is 0.901. The van der Waals surface area contributed by atoms with E-state index < -0.39 is 0 Å². The summed E-state index contributed by atoms with van der Waals surface area (Å²) in [4.78, 5) is 20.3. The molecule has 3 aliphatic rings. The summed E-state index contributed by atoms with van der Waals surface area (Å²) in [5, 5.41) is 3.71. The van der Waals surface area contributed by atoms with Gasteiger partial charge in [0, 0.05) is 37.4 Å². The lowest BCUT2D eigenvalue weighted by molar-refractivity contribution is 0.0860. The molecule has 0 saturated carbocycles. The van der Waals surface area contributed by atoms with Crippen molar-refractivity contribution in [2.24, 2.45) is 0 Å². The molecule has 4 heterocycles. The number of nitrogens with zero attached hydrogens (tertiary/aromatic N) is 2. The van der Waals surface area contributed by atoms with Crippen LogP contribution in [0, 0.1) is 0 Å². The maximum absolute atomic E-state index is 12.7. The molecule has 4 rings (SSSR count). The van der Waals surface area contributed by atoms with E-state index in [9.17, 15) is 4.79 Å². The average Bonchev–Trinajstić information content (AvgIpc) is 3.31. The highest BCUT2D eigenvalue weighted by atomic mass is 32.1. The molecule has 2 amide bonds. The Bertz CT molecular complexity index is 559. The fourth-order valence-electron chi connectivity index (χ4n) is 3.94. The summed E-state index contributed by atoms with van der Waals surface area (Å²) in [7, 11) is 0. The number of anilines is 1. The van der Waals surface area contributed by atoms with Crippen LogP contribution in [0.3, 0.4) is 0 Å². The summed E-state index contributed by atoms with van der Waals surface area (Å²) in [5.74, 6) is 0.522. The maximum atomic E-state index is 12.7. The van der Waals surface area contributed by atoms with Crippen LogP contribution < -0.4 is 5.32 Å². The van der Waals surface area contributed by atoms with Gasteiger partial charge in [0.15, 0.2) is 5.13 Å². The molecular weight excluding hydrogens is 314 g/mol. The lowest BCUT2D eigenvalue weighted by Crippen LogP contribution is -2.49. The number of hydrogen-bond donors (Lipinski definition) is 1. The van der Waals surface area contributed by atoms with Crippen LogP contribution >= 0.6 is 11.3 Å². The molecule has 1 spiro atoms. The second-order valence-corrected chi connectivity index (χ2v) is 7.73. The summed E-state index contributed by atoms with van der Waals surface area (Å²) in [6.07, 6.45) is 7.05. The van der Waals surface area contributed by atoms with Gasteiger partial charge < -0.3 is 14.4 Å². The lowest BCUT2D eigenvalue weighted by atomic mass is 9.96. The monoisotopic (exact) mass is 337 g/mol. The Hall–Kier alpha value is -1.18. The number of nitrogens with one attached hydrogen (secondary N) is 1. The first kappa shape index (κ1) is 15.4. The second-order valence-electron chi connectivity index (χ2n) is 6.67. The van der Waals surface area contributed by atoms with Gasteiger partial charge in [-0.3, -0.25) is 5.32 Å². The Labute approximate surface area is 140 Å². The number of urea groups is 1. The molecule has 1 unspecified atom stereocenters. The van der Waals surface area contributed by atoms with Crippen molar-refractivity contribution in [3.63, 3.8) is 0 Å². The van der Waals surface area contributed by atoms with Crippen molar-refractivity contribution in [1.29, 1.82) is 0 Å². The largest absolute Gasteiger partial charge is 0.381 e. The predicted octanol–water partition coefficient (Wildman–Crippen LogP) is 2.82. The van der Waals surface area contributed by atoms with E-state index in [4.69, 9.17) is 9.47 Å². The molecule has 0 radical (unpaired) electrons. The van der Waals surface area contributed by atoms with E-state index in [0.29, 0.717) is 17.7 Å². The van der Waals surface area contributed by atoms with Crippen LogP contribution in [0.4, 0.5) is 9.93 Å². The highest BCUT2D eigenvalue weighted by Crippen LogP contribution is 2.37. The average molecular weight is 337 g/mol. The number of likely N-dealkylation sites (tertiary alicyclic amines) is 1. The standard InChI is InChI=1S/C16H23N3O3S/c20-15(19-6-1-4-16(19)5-9-22-11-16)18-14-17-10-13(23-14)12-2-7-21-8-3-12/h10,12H,1-9,11H2,(H,17,18,20). The molecule has 1 N–H and O–H groups in total. The third kappa shape index (κ3) is 2.97. The number of ether oxygens (including phenoxy) is 2. The zero-order chi connectivity index (χ0) is 15.7. The Morgan fingerprint density at radius 3 is 2.96 bits per heavy atom. The Morgan fingerprint density at radius 1 is 1.30 bits per heavy atom. The van der Waals surface area contributed by atoms with Gasteiger partial charge in [-0.1, -0.05) is 0 Å².